The standard InChI is InChI=1S/C19H24N6/c1-3-25-14(2)16(12-20-25)13-24-11-7-10-17(24)19-21-18(22-23-19)15-8-5-4-6-9-15/h4-6,8-9,12,17H,3,7,10-11,13H2,1-2H3,(H,21,22,23)/t17-/m0/s1. The Bertz CT molecular complexity index is 835. The number of H-pyrrole nitrogens is 1. The minimum Gasteiger partial charge on any atom is -0.289 e. The van der Waals surface area contributed by atoms with Crippen LogP contribution in [0.3, 0.4) is 0 Å². The van der Waals surface area contributed by atoms with Gasteiger partial charge in [0.25, 0.3) is 0 Å². The lowest BCUT2D eigenvalue weighted by molar-refractivity contribution is 0.239. The van der Waals surface area contributed by atoms with E-state index in [0.717, 1.165) is 43.3 Å². The molecule has 1 aromatic carbocycles. The lowest BCUT2D eigenvalue weighted by Gasteiger charge is -2.22. The van der Waals surface area contributed by atoms with Crippen molar-refractivity contribution in [3.8, 4) is 11.4 Å². The van der Waals surface area contributed by atoms with E-state index in [-0.39, 0.29) is 0 Å². The van der Waals surface area contributed by atoms with Crippen LogP contribution in [0, 0.1) is 6.92 Å². The number of hydrogen-bond acceptors (Lipinski definition) is 4. The van der Waals surface area contributed by atoms with Gasteiger partial charge in [-0.3, -0.25) is 14.7 Å². The fraction of sp³-hybridized carbons (Fsp3) is 0.421. The molecule has 0 spiro atoms. The van der Waals surface area contributed by atoms with E-state index in [2.05, 4.69) is 38.7 Å². The molecule has 2 aromatic heterocycles. The molecule has 0 bridgehead atoms. The first-order valence-corrected chi connectivity index (χ1v) is 8.99. The lowest BCUT2D eigenvalue weighted by atomic mass is 10.2. The van der Waals surface area contributed by atoms with E-state index in [1.807, 2.05) is 36.5 Å². The van der Waals surface area contributed by atoms with Gasteiger partial charge >= 0.3 is 0 Å². The molecule has 0 aliphatic carbocycles. The van der Waals surface area contributed by atoms with Crippen molar-refractivity contribution < 1.29 is 0 Å². The van der Waals surface area contributed by atoms with Crippen molar-refractivity contribution >= 4 is 0 Å². The van der Waals surface area contributed by atoms with E-state index >= 15 is 0 Å². The quantitative estimate of drug-likeness (QED) is 0.776. The average Bonchev–Trinajstić information content (AvgIpc) is 3.37. The number of likely N-dealkylation sites (tertiary alicyclic amines) is 1. The van der Waals surface area contributed by atoms with E-state index in [9.17, 15) is 0 Å². The first-order valence-electron chi connectivity index (χ1n) is 8.99. The first-order chi connectivity index (χ1) is 12.3. The summed E-state index contributed by atoms with van der Waals surface area (Å²) in [7, 11) is 0. The van der Waals surface area contributed by atoms with Crippen LogP contribution in [0.4, 0.5) is 0 Å². The summed E-state index contributed by atoms with van der Waals surface area (Å²) in [5.41, 5.74) is 3.61. The zero-order valence-electron chi connectivity index (χ0n) is 14.8. The van der Waals surface area contributed by atoms with E-state index in [0.29, 0.717) is 6.04 Å². The van der Waals surface area contributed by atoms with Gasteiger partial charge in [-0.25, -0.2) is 4.98 Å². The molecular weight excluding hydrogens is 312 g/mol. The Morgan fingerprint density at radius 3 is 2.84 bits per heavy atom. The van der Waals surface area contributed by atoms with Crippen LogP contribution in [0.2, 0.25) is 0 Å². The Morgan fingerprint density at radius 2 is 2.08 bits per heavy atom. The van der Waals surface area contributed by atoms with Crippen LogP contribution in [0.15, 0.2) is 36.5 Å². The van der Waals surface area contributed by atoms with Crippen LogP contribution in [0.1, 0.15) is 42.9 Å². The molecule has 3 aromatic rings. The van der Waals surface area contributed by atoms with Gasteiger partial charge < -0.3 is 0 Å². The number of aryl methyl sites for hydroxylation is 1. The highest BCUT2D eigenvalue weighted by atomic mass is 15.3. The summed E-state index contributed by atoms with van der Waals surface area (Å²) in [4.78, 5) is 7.25. The average molecular weight is 336 g/mol. The summed E-state index contributed by atoms with van der Waals surface area (Å²) in [6.45, 7) is 7.19. The number of benzene rings is 1. The smallest absolute Gasteiger partial charge is 0.181 e. The second kappa shape index (κ2) is 6.80. The van der Waals surface area contributed by atoms with Crippen molar-refractivity contribution in [1.29, 1.82) is 0 Å². The van der Waals surface area contributed by atoms with E-state index < -0.39 is 0 Å². The summed E-state index contributed by atoms with van der Waals surface area (Å²) in [5.74, 6) is 1.74. The number of hydrogen-bond donors (Lipinski definition) is 1. The van der Waals surface area contributed by atoms with Gasteiger partial charge in [-0.05, 0) is 33.2 Å². The Morgan fingerprint density at radius 1 is 1.24 bits per heavy atom. The van der Waals surface area contributed by atoms with Gasteiger partial charge in [-0.1, -0.05) is 30.3 Å². The summed E-state index contributed by atoms with van der Waals surface area (Å²) in [6.07, 6.45) is 4.31. The SMILES string of the molecule is CCn1ncc(CN2CCC[C@H]2c2nc(-c3ccccc3)n[nH]2)c1C. The highest BCUT2D eigenvalue weighted by Gasteiger charge is 2.29. The van der Waals surface area contributed by atoms with Crippen LogP contribution in [-0.4, -0.2) is 36.4 Å². The first kappa shape index (κ1) is 16.0. The Hall–Kier alpha value is -2.47. The van der Waals surface area contributed by atoms with E-state index in [4.69, 9.17) is 4.98 Å². The van der Waals surface area contributed by atoms with Gasteiger partial charge in [0.05, 0.1) is 12.2 Å². The Kier molecular flexibility index (Phi) is 4.36. The molecule has 3 heterocycles. The molecule has 1 N–H and O–H groups in total. The van der Waals surface area contributed by atoms with Crippen molar-refractivity contribution in [2.75, 3.05) is 6.54 Å². The molecule has 0 amide bonds. The van der Waals surface area contributed by atoms with Crippen LogP contribution in [-0.2, 0) is 13.1 Å². The zero-order valence-corrected chi connectivity index (χ0v) is 14.8. The van der Waals surface area contributed by atoms with Gasteiger partial charge in [0.15, 0.2) is 5.82 Å². The van der Waals surface area contributed by atoms with Crippen LogP contribution in [0.5, 0.6) is 0 Å². The van der Waals surface area contributed by atoms with E-state index in [1.165, 1.54) is 17.7 Å². The molecule has 4 rings (SSSR count). The second-order valence-electron chi connectivity index (χ2n) is 6.61. The maximum absolute atomic E-state index is 4.77. The number of aromatic nitrogens is 5. The zero-order chi connectivity index (χ0) is 17.2. The molecule has 1 atom stereocenters. The van der Waals surface area contributed by atoms with Gasteiger partial charge in [0.2, 0.25) is 0 Å². The highest BCUT2D eigenvalue weighted by molar-refractivity contribution is 5.53. The summed E-state index contributed by atoms with van der Waals surface area (Å²) < 4.78 is 2.06. The Labute approximate surface area is 147 Å². The third-order valence-corrected chi connectivity index (χ3v) is 5.09. The Balaban J connectivity index is 1.53. The van der Waals surface area contributed by atoms with Gasteiger partial charge in [0, 0.05) is 29.9 Å². The fourth-order valence-electron chi connectivity index (χ4n) is 3.64. The molecule has 6 nitrogen and oxygen atoms in total. The van der Waals surface area contributed by atoms with Gasteiger partial charge in [0.1, 0.15) is 5.82 Å². The minimum atomic E-state index is 0.300. The van der Waals surface area contributed by atoms with Gasteiger partial charge in [-0.15, -0.1) is 0 Å². The predicted octanol–water partition coefficient (Wildman–Crippen LogP) is 3.33. The highest BCUT2D eigenvalue weighted by Crippen LogP contribution is 2.32. The predicted molar refractivity (Wildman–Crippen MR) is 96.8 cm³/mol. The normalized spacial score (nSPS) is 18.1. The van der Waals surface area contributed by atoms with Crippen LogP contribution < -0.4 is 0 Å². The number of nitrogens with one attached hydrogen (secondary N) is 1. The van der Waals surface area contributed by atoms with Gasteiger partial charge in [-0.2, -0.15) is 10.2 Å². The third kappa shape index (κ3) is 3.09. The molecule has 130 valence electrons. The summed E-state index contributed by atoms with van der Waals surface area (Å²) in [5, 5.41) is 12.1. The summed E-state index contributed by atoms with van der Waals surface area (Å²) >= 11 is 0. The van der Waals surface area contributed by atoms with Crippen molar-refractivity contribution in [3.63, 3.8) is 0 Å². The lowest BCUT2D eigenvalue weighted by Crippen LogP contribution is -2.24. The van der Waals surface area contributed by atoms with Crippen LogP contribution in [0.25, 0.3) is 11.4 Å². The number of rotatable bonds is 5. The van der Waals surface area contributed by atoms with Crippen molar-refractivity contribution in [2.24, 2.45) is 0 Å². The fourth-order valence-corrected chi connectivity index (χ4v) is 3.64. The topological polar surface area (TPSA) is 62.6 Å². The number of nitrogens with zero attached hydrogens (tertiary/aromatic N) is 5. The second-order valence-corrected chi connectivity index (χ2v) is 6.61. The van der Waals surface area contributed by atoms with Crippen LogP contribution >= 0.6 is 0 Å². The molecule has 0 unspecified atom stereocenters. The maximum Gasteiger partial charge on any atom is 0.181 e. The molecule has 0 radical (unpaired) electrons. The molecule has 1 aliphatic rings. The van der Waals surface area contributed by atoms with Crippen molar-refractivity contribution in [3.05, 3.63) is 53.6 Å². The molecule has 0 saturated carbocycles. The molecule has 1 aliphatic heterocycles. The minimum absolute atomic E-state index is 0.300. The largest absolute Gasteiger partial charge is 0.289 e. The molecule has 6 heteroatoms. The van der Waals surface area contributed by atoms with E-state index in [1.54, 1.807) is 0 Å². The maximum atomic E-state index is 4.77. The monoisotopic (exact) mass is 336 g/mol. The third-order valence-electron chi connectivity index (χ3n) is 5.09. The summed E-state index contributed by atoms with van der Waals surface area (Å²) in [6, 6.07) is 10.4. The van der Waals surface area contributed by atoms with Crippen molar-refractivity contribution in [1.82, 2.24) is 29.9 Å². The van der Waals surface area contributed by atoms with Crippen molar-refractivity contribution in [2.45, 2.75) is 45.8 Å². The molecule has 25 heavy (non-hydrogen) atoms. The molecule has 1 fully saturated rings. The number of aromatic amines is 1. The molecule has 1 saturated heterocycles. The molecular formula is C19H24N6.